The number of nitrogens with one attached hydrogen (secondary N) is 1. The van der Waals surface area contributed by atoms with Crippen LogP contribution in [0.5, 0.6) is 0 Å². The Hall–Kier alpha value is -2.94. The fraction of sp³-hybridized carbons (Fsp3) is 0.455. The van der Waals surface area contributed by atoms with Crippen LogP contribution < -0.4 is 21.5 Å². The van der Waals surface area contributed by atoms with Crippen molar-refractivity contribution in [2.45, 2.75) is 45.2 Å². The van der Waals surface area contributed by atoms with Gasteiger partial charge in [-0.05, 0) is 38.2 Å². The van der Waals surface area contributed by atoms with Gasteiger partial charge in [-0.25, -0.2) is 9.78 Å². The Bertz CT molecular complexity index is 1190. The second kappa shape index (κ2) is 9.05. The lowest BCUT2D eigenvalue weighted by molar-refractivity contribution is -0.122. The van der Waals surface area contributed by atoms with E-state index in [4.69, 9.17) is 0 Å². The summed E-state index contributed by atoms with van der Waals surface area (Å²) in [6.07, 6.45) is 3.83. The van der Waals surface area contributed by atoms with Gasteiger partial charge in [-0.2, -0.15) is 0 Å². The van der Waals surface area contributed by atoms with Crippen LogP contribution in [-0.4, -0.2) is 39.2 Å². The van der Waals surface area contributed by atoms with Crippen molar-refractivity contribution in [3.05, 3.63) is 56.7 Å². The largest absolute Gasteiger partial charge is 0.352 e. The Morgan fingerprint density at radius 2 is 1.90 bits per heavy atom. The van der Waals surface area contributed by atoms with Crippen LogP contribution in [0.25, 0.3) is 10.3 Å². The smallest absolute Gasteiger partial charge is 0.332 e. The number of benzene rings is 1. The third kappa shape index (κ3) is 4.56. The van der Waals surface area contributed by atoms with Crippen molar-refractivity contribution in [3.8, 4) is 0 Å². The molecule has 31 heavy (non-hydrogen) atoms. The first-order valence-corrected chi connectivity index (χ1v) is 11.4. The average molecular weight is 442 g/mol. The molecule has 0 radical (unpaired) electrons. The second-order valence-electron chi connectivity index (χ2n) is 8.07. The van der Waals surface area contributed by atoms with Crippen molar-refractivity contribution in [2.24, 2.45) is 7.05 Å². The fourth-order valence-electron chi connectivity index (χ4n) is 3.88. The molecule has 1 aliphatic rings. The van der Waals surface area contributed by atoms with E-state index < -0.39 is 5.69 Å². The normalized spacial score (nSPS) is 14.8. The number of fused-ring (bicyclic) bond motifs is 1. The number of anilines is 1. The van der Waals surface area contributed by atoms with Crippen molar-refractivity contribution in [1.82, 2.24) is 19.4 Å². The highest BCUT2D eigenvalue weighted by molar-refractivity contribution is 7.22. The van der Waals surface area contributed by atoms with Gasteiger partial charge in [0, 0.05) is 26.2 Å². The van der Waals surface area contributed by atoms with Gasteiger partial charge in [0.15, 0.2) is 10.8 Å². The molecule has 0 spiro atoms. The number of carbonyl (C=O) groups excluding carboxylic acids is 1. The van der Waals surface area contributed by atoms with Crippen molar-refractivity contribution in [2.75, 3.05) is 18.0 Å². The summed E-state index contributed by atoms with van der Waals surface area (Å²) in [6, 6.07) is 10.1. The maximum absolute atomic E-state index is 12.8. The molecule has 1 unspecified atom stereocenters. The third-order valence-corrected chi connectivity index (χ3v) is 6.76. The van der Waals surface area contributed by atoms with Gasteiger partial charge in [0.05, 0.1) is 0 Å². The lowest BCUT2D eigenvalue weighted by Gasteiger charge is -2.15. The molecule has 3 heterocycles. The number of nitrogens with zero attached hydrogens (tertiary/aromatic N) is 4. The van der Waals surface area contributed by atoms with Crippen molar-refractivity contribution in [3.63, 3.8) is 0 Å². The van der Waals surface area contributed by atoms with E-state index in [1.807, 2.05) is 25.1 Å². The summed E-state index contributed by atoms with van der Waals surface area (Å²) in [5.41, 5.74) is 0.627. The van der Waals surface area contributed by atoms with E-state index in [9.17, 15) is 14.4 Å². The van der Waals surface area contributed by atoms with Gasteiger partial charge >= 0.3 is 5.69 Å². The predicted octanol–water partition coefficient (Wildman–Crippen LogP) is 1.89. The molecule has 9 heteroatoms. The molecule has 2 aromatic heterocycles. The maximum Gasteiger partial charge on any atom is 0.332 e. The van der Waals surface area contributed by atoms with E-state index in [2.05, 4.69) is 27.3 Å². The third-order valence-electron chi connectivity index (χ3n) is 5.66. The molecule has 0 saturated carbocycles. The van der Waals surface area contributed by atoms with Gasteiger partial charge in [0.2, 0.25) is 5.91 Å². The zero-order chi connectivity index (χ0) is 22.0. The molecule has 8 nitrogen and oxygen atoms in total. The predicted molar refractivity (Wildman–Crippen MR) is 123 cm³/mol. The quantitative estimate of drug-likeness (QED) is 0.605. The van der Waals surface area contributed by atoms with Crippen molar-refractivity contribution in [1.29, 1.82) is 0 Å². The zero-order valence-electron chi connectivity index (χ0n) is 17.8. The van der Waals surface area contributed by atoms with Gasteiger partial charge in [-0.3, -0.25) is 18.7 Å². The summed E-state index contributed by atoms with van der Waals surface area (Å²) in [5.74, 6) is -0.265. The number of carbonyl (C=O) groups is 1. The Labute approximate surface area is 184 Å². The SMILES string of the molecule is CC(CCc1ccccc1)NC(=O)Cn1c(=O)n(C)c(=O)c2sc(N3CCCC3)nc21. The van der Waals surface area contributed by atoms with Crippen LogP contribution >= 0.6 is 11.3 Å². The van der Waals surface area contributed by atoms with Gasteiger partial charge in [0.1, 0.15) is 11.2 Å². The first kappa shape index (κ1) is 21.3. The molecular weight excluding hydrogens is 414 g/mol. The number of amides is 1. The van der Waals surface area contributed by atoms with Crippen LogP contribution in [0.3, 0.4) is 0 Å². The number of rotatable bonds is 7. The highest BCUT2D eigenvalue weighted by atomic mass is 32.1. The van der Waals surface area contributed by atoms with Crippen LogP contribution in [0.4, 0.5) is 5.13 Å². The molecule has 0 aliphatic carbocycles. The van der Waals surface area contributed by atoms with Gasteiger partial charge in [-0.1, -0.05) is 41.7 Å². The number of thiazole rings is 1. The summed E-state index contributed by atoms with van der Waals surface area (Å²) >= 11 is 1.29. The first-order chi connectivity index (χ1) is 14.9. The van der Waals surface area contributed by atoms with E-state index >= 15 is 0 Å². The zero-order valence-corrected chi connectivity index (χ0v) is 18.7. The Kier molecular flexibility index (Phi) is 6.22. The molecule has 164 valence electrons. The number of hydrogen-bond donors (Lipinski definition) is 1. The second-order valence-corrected chi connectivity index (χ2v) is 9.05. The maximum atomic E-state index is 12.8. The number of aryl methyl sites for hydroxylation is 1. The minimum absolute atomic E-state index is 0.0398. The van der Waals surface area contributed by atoms with E-state index in [1.54, 1.807) is 0 Å². The number of aromatic nitrogens is 3. The summed E-state index contributed by atoms with van der Waals surface area (Å²) in [7, 11) is 1.44. The molecule has 1 atom stereocenters. The summed E-state index contributed by atoms with van der Waals surface area (Å²) in [6.45, 7) is 3.57. The Morgan fingerprint density at radius 1 is 1.19 bits per heavy atom. The molecule has 0 bridgehead atoms. The molecule has 1 aliphatic heterocycles. The van der Waals surface area contributed by atoms with Crippen molar-refractivity contribution >= 4 is 32.7 Å². The molecule has 1 saturated heterocycles. The molecule has 4 rings (SSSR count). The summed E-state index contributed by atoms with van der Waals surface area (Å²) < 4.78 is 2.78. The van der Waals surface area contributed by atoms with Crippen molar-refractivity contribution < 1.29 is 4.79 Å². The van der Waals surface area contributed by atoms with E-state index in [1.165, 1.54) is 28.5 Å². The molecular formula is C22H27N5O3S. The minimum atomic E-state index is -0.525. The van der Waals surface area contributed by atoms with Crippen LogP contribution in [0.1, 0.15) is 31.7 Å². The van der Waals surface area contributed by atoms with E-state index in [0.29, 0.717) is 10.3 Å². The molecule has 1 fully saturated rings. The van der Waals surface area contributed by atoms with Gasteiger partial charge in [0.25, 0.3) is 5.56 Å². The minimum Gasteiger partial charge on any atom is -0.352 e. The summed E-state index contributed by atoms with van der Waals surface area (Å²) in [4.78, 5) is 44.8. The van der Waals surface area contributed by atoms with Gasteiger partial charge < -0.3 is 10.2 Å². The van der Waals surface area contributed by atoms with Crippen LogP contribution in [0.2, 0.25) is 0 Å². The standard InChI is InChI=1S/C22H27N5O3S/c1-15(10-11-16-8-4-3-5-9-16)23-17(28)14-27-19-18(20(29)25(2)22(27)30)31-21(24-19)26-12-6-7-13-26/h3-5,8-9,15H,6-7,10-14H2,1-2H3,(H,23,28). The molecule has 1 aromatic carbocycles. The Morgan fingerprint density at radius 3 is 2.61 bits per heavy atom. The highest BCUT2D eigenvalue weighted by Gasteiger charge is 2.22. The topological polar surface area (TPSA) is 89.2 Å². The van der Waals surface area contributed by atoms with E-state index in [0.717, 1.165) is 48.5 Å². The monoisotopic (exact) mass is 441 g/mol. The highest BCUT2D eigenvalue weighted by Crippen LogP contribution is 2.28. The molecule has 3 aromatic rings. The van der Waals surface area contributed by atoms with Crippen LogP contribution in [0.15, 0.2) is 39.9 Å². The Balaban J connectivity index is 1.52. The fourth-order valence-corrected chi connectivity index (χ4v) is 4.98. The van der Waals surface area contributed by atoms with Crippen LogP contribution in [0, 0.1) is 0 Å². The van der Waals surface area contributed by atoms with Gasteiger partial charge in [-0.15, -0.1) is 0 Å². The van der Waals surface area contributed by atoms with Crippen LogP contribution in [-0.2, 0) is 24.8 Å². The molecule has 1 N–H and O–H groups in total. The summed E-state index contributed by atoms with van der Waals surface area (Å²) in [5, 5.41) is 3.70. The first-order valence-electron chi connectivity index (χ1n) is 10.6. The lowest BCUT2D eigenvalue weighted by Crippen LogP contribution is -2.42. The average Bonchev–Trinajstić information content (AvgIpc) is 3.44. The molecule has 1 amide bonds. The van der Waals surface area contributed by atoms with E-state index in [-0.39, 0.29) is 24.1 Å². The number of hydrogen-bond acceptors (Lipinski definition) is 6. The lowest BCUT2D eigenvalue weighted by atomic mass is 10.1.